The first kappa shape index (κ1) is 10.5. The Morgan fingerprint density at radius 1 is 1.27 bits per heavy atom. The predicted octanol–water partition coefficient (Wildman–Crippen LogP) is 2.43. The molecule has 78 valence electrons. The van der Waals surface area contributed by atoms with Crippen LogP contribution in [-0.4, -0.2) is 17.3 Å². The smallest absolute Gasteiger partial charge is 0.0702 e. The summed E-state index contributed by atoms with van der Waals surface area (Å²) in [5.41, 5.74) is 7.85. The molecule has 0 amide bonds. The molecule has 2 nitrogen and oxygen atoms in total. The second-order valence-corrected chi connectivity index (χ2v) is 4.48. The second kappa shape index (κ2) is 5.14. The molecule has 0 saturated carbocycles. The van der Waals surface area contributed by atoms with Gasteiger partial charge in [-0.3, -0.25) is 4.98 Å². The van der Waals surface area contributed by atoms with Gasteiger partial charge in [-0.15, -0.1) is 0 Å². The zero-order chi connectivity index (χ0) is 10.5. The average molecular weight is 218 g/mol. The van der Waals surface area contributed by atoms with Crippen LogP contribution in [0.4, 0.5) is 0 Å². The van der Waals surface area contributed by atoms with E-state index in [1.54, 1.807) is 0 Å². The molecule has 2 N–H and O–H groups in total. The lowest BCUT2D eigenvalue weighted by molar-refractivity contribution is 1.15. The van der Waals surface area contributed by atoms with E-state index in [0.29, 0.717) is 0 Å². The van der Waals surface area contributed by atoms with Crippen molar-refractivity contribution in [3.8, 4) is 0 Å². The fourth-order valence-electron chi connectivity index (χ4n) is 1.49. The first-order chi connectivity index (χ1) is 7.40. The Morgan fingerprint density at radius 2 is 2.20 bits per heavy atom. The first-order valence-electron chi connectivity index (χ1n) is 5.01. The molecular weight excluding hydrogens is 204 g/mol. The molecule has 15 heavy (non-hydrogen) atoms. The number of aromatic nitrogens is 1. The van der Waals surface area contributed by atoms with Gasteiger partial charge in [-0.1, -0.05) is 12.1 Å². The zero-order valence-corrected chi connectivity index (χ0v) is 9.33. The molecule has 0 aliphatic rings. The number of pyridine rings is 1. The van der Waals surface area contributed by atoms with Crippen molar-refractivity contribution in [1.29, 1.82) is 0 Å². The standard InChI is InChI=1S/C12H14N2S/c13-5-7-15-9-10-3-4-12-11(8-10)2-1-6-14-12/h1-4,6,8H,5,7,9,13H2. The van der Waals surface area contributed by atoms with Gasteiger partial charge in [0, 0.05) is 29.6 Å². The van der Waals surface area contributed by atoms with Crippen LogP contribution in [0.25, 0.3) is 10.9 Å². The Labute approximate surface area is 93.9 Å². The summed E-state index contributed by atoms with van der Waals surface area (Å²) in [7, 11) is 0. The maximum Gasteiger partial charge on any atom is 0.0702 e. The van der Waals surface area contributed by atoms with E-state index in [1.807, 2.05) is 24.0 Å². The number of hydrogen-bond acceptors (Lipinski definition) is 3. The van der Waals surface area contributed by atoms with Crippen molar-refractivity contribution < 1.29 is 0 Å². The van der Waals surface area contributed by atoms with E-state index >= 15 is 0 Å². The van der Waals surface area contributed by atoms with Crippen LogP contribution in [0.5, 0.6) is 0 Å². The molecule has 2 aromatic rings. The van der Waals surface area contributed by atoms with Crippen molar-refractivity contribution in [2.75, 3.05) is 12.3 Å². The summed E-state index contributed by atoms with van der Waals surface area (Å²) in [6.45, 7) is 0.750. The number of nitrogens with two attached hydrogens (primary N) is 1. The predicted molar refractivity (Wildman–Crippen MR) is 67.0 cm³/mol. The van der Waals surface area contributed by atoms with E-state index in [2.05, 4.69) is 29.2 Å². The summed E-state index contributed by atoms with van der Waals surface area (Å²) in [5.74, 6) is 2.05. The van der Waals surface area contributed by atoms with Crippen molar-refractivity contribution in [1.82, 2.24) is 4.98 Å². The lowest BCUT2D eigenvalue weighted by Gasteiger charge is -2.02. The van der Waals surface area contributed by atoms with Gasteiger partial charge in [-0.25, -0.2) is 0 Å². The molecule has 0 spiro atoms. The molecule has 0 fully saturated rings. The molecule has 0 aliphatic heterocycles. The fraction of sp³-hybridized carbons (Fsp3) is 0.250. The van der Waals surface area contributed by atoms with Gasteiger partial charge in [0.2, 0.25) is 0 Å². The van der Waals surface area contributed by atoms with Crippen LogP contribution < -0.4 is 5.73 Å². The van der Waals surface area contributed by atoms with E-state index in [9.17, 15) is 0 Å². The largest absolute Gasteiger partial charge is 0.330 e. The molecule has 0 aliphatic carbocycles. The summed E-state index contributed by atoms with van der Waals surface area (Å²) < 4.78 is 0. The van der Waals surface area contributed by atoms with Gasteiger partial charge in [-0.2, -0.15) is 11.8 Å². The highest BCUT2D eigenvalue weighted by Gasteiger charge is 1.96. The molecular formula is C12H14N2S. The van der Waals surface area contributed by atoms with E-state index in [-0.39, 0.29) is 0 Å². The van der Waals surface area contributed by atoms with Crippen molar-refractivity contribution in [3.05, 3.63) is 42.1 Å². The molecule has 0 saturated heterocycles. The summed E-state index contributed by atoms with van der Waals surface area (Å²) >= 11 is 1.87. The van der Waals surface area contributed by atoms with Crippen LogP contribution in [0.3, 0.4) is 0 Å². The van der Waals surface area contributed by atoms with E-state index in [0.717, 1.165) is 23.6 Å². The van der Waals surface area contributed by atoms with Gasteiger partial charge in [0.25, 0.3) is 0 Å². The van der Waals surface area contributed by atoms with Crippen LogP contribution in [0, 0.1) is 0 Å². The monoisotopic (exact) mass is 218 g/mol. The highest BCUT2D eigenvalue weighted by molar-refractivity contribution is 7.98. The summed E-state index contributed by atoms with van der Waals surface area (Å²) in [5, 5.41) is 1.21. The molecule has 3 heteroatoms. The fourth-order valence-corrected chi connectivity index (χ4v) is 2.21. The molecule has 0 bridgehead atoms. The number of thioether (sulfide) groups is 1. The van der Waals surface area contributed by atoms with E-state index in [1.165, 1.54) is 10.9 Å². The highest BCUT2D eigenvalue weighted by Crippen LogP contribution is 2.17. The molecule has 1 heterocycles. The topological polar surface area (TPSA) is 38.9 Å². The number of hydrogen-bond donors (Lipinski definition) is 1. The van der Waals surface area contributed by atoms with E-state index in [4.69, 9.17) is 5.73 Å². The Kier molecular flexibility index (Phi) is 3.59. The minimum absolute atomic E-state index is 0.750. The second-order valence-electron chi connectivity index (χ2n) is 3.37. The molecule has 0 unspecified atom stereocenters. The summed E-state index contributed by atoms with van der Waals surface area (Å²) in [6.07, 6.45) is 1.82. The maximum absolute atomic E-state index is 5.45. The third kappa shape index (κ3) is 2.70. The third-order valence-electron chi connectivity index (χ3n) is 2.20. The van der Waals surface area contributed by atoms with Crippen LogP contribution in [0.15, 0.2) is 36.5 Å². The quantitative estimate of drug-likeness (QED) is 0.801. The van der Waals surface area contributed by atoms with Crippen molar-refractivity contribution in [3.63, 3.8) is 0 Å². The zero-order valence-electron chi connectivity index (χ0n) is 8.52. The Hall–Kier alpha value is -1.06. The molecule has 1 aromatic heterocycles. The molecule has 0 radical (unpaired) electrons. The number of fused-ring (bicyclic) bond motifs is 1. The summed E-state index contributed by atoms with van der Waals surface area (Å²) in [4.78, 5) is 4.29. The summed E-state index contributed by atoms with van der Waals surface area (Å²) in [6, 6.07) is 10.5. The van der Waals surface area contributed by atoms with Crippen LogP contribution in [0.2, 0.25) is 0 Å². The Morgan fingerprint density at radius 3 is 3.07 bits per heavy atom. The van der Waals surface area contributed by atoms with Gasteiger partial charge in [-0.05, 0) is 23.8 Å². The maximum atomic E-state index is 5.45. The normalized spacial score (nSPS) is 10.7. The highest BCUT2D eigenvalue weighted by atomic mass is 32.2. The number of benzene rings is 1. The first-order valence-corrected chi connectivity index (χ1v) is 6.17. The lowest BCUT2D eigenvalue weighted by atomic mass is 10.1. The lowest BCUT2D eigenvalue weighted by Crippen LogP contribution is -2.01. The van der Waals surface area contributed by atoms with Gasteiger partial charge in [0.05, 0.1) is 5.52 Å². The molecule has 1 aromatic carbocycles. The van der Waals surface area contributed by atoms with Gasteiger partial charge >= 0.3 is 0 Å². The van der Waals surface area contributed by atoms with Crippen LogP contribution >= 0.6 is 11.8 Å². The number of rotatable bonds is 4. The van der Waals surface area contributed by atoms with Crippen LogP contribution in [-0.2, 0) is 5.75 Å². The van der Waals surface area contributed by atoms with Crippen molar-refractivity contribution in [2.24, 2.45) is 5.73 Å². The van der Waals surface area contributed by atoms with Crippen LogP contribution in [0.1, 0.15) is 5.56 Å². The van der Waals surface area contributed by atoms with E-state index < -0.39 is 0 Å². The van der Waals surface area contributed by atoms with Gasteiger partial charge in [0.15, 0.2) is 0 Å². The molecule has 2 rings (SSSR count). The minimum Gasteiger partial charge on any atom is -0.330 e. The minimum atomic E-state index is 0.750. The Bertz CT molecular complexity index is 442. The number of nitrogens with zero attached hydrogens (tertiary/aromatic N) is 1. The van der Waals surface area contributed by atoms with Gasteiger partial charge in [0.1, 0.15) is 0 Å². The Balaban J connectivity index is 2.16. The van der Waals surface area contributed by atoms with Crippen molar-refractivity contribution >= 4 is 22.7 Å². The van der Waals surface area contributed by atoms with Crippen molar-refractivity contribution in [2.45, 2.75) is 5.75 Å². The van der Waals surface area contributed by atoms with Gasteiger partial charge < -0.3 is 5.73 Å². The third-order valence-corrected chi connectivity index (χ3v) is 3.26. The molecule has 0 atom stereocenters. The average Bonchev–Trinajstić information content (AvgIpc) is 2.29. The SMILES string of the molecule is NCCSCc1ccc2ncccc2c1.